The van der Waals surface area contributed by atoms with E-state index in [-0.39, 0.29) is 0 Å². The first-order valence-corrected chi connectivity index (χ1v) is 7.31. The average molecular weight is 288 g/mol. The Morgan fingerprint density at radius 3 is 2.74 bits per heavy atom. The molecule has 0 bridgehead atoms. The van der Waals surface area contributed by atoms with Crippen molar-refractivity contribution < 1.29 is 0 Å². The number of nitrogens with two attached hydrogens (primary N) is 1. The summed E-state index contributed by atoms with van der Waals surface area (Å²) >= 11 is 7.73. The molecule has 2 aromatic carbocycles. The topological polar surface area (TPSA) is 26.0 Å². The highest BCUT2D eigenvalue weighted by Gasteiger charge is 2.01. The summed E-state index contributed by atoms with van der Waals surface area (Å²) in [6.45, 7) is 0.385. The quantitative estimate of drug-likeness (QED) is 0.683. The van der Waals surface area contributed by atoms with Crippen LogP contribution >= 0.6 is 23.4 Å². The van der Waals surface area contributed by atoms with E-state index >= 15 is 0 Å². The van der Waals surface area contributed by atoms with Crippen molar-refractivity contribution in [2.45, 2.75) is 10.6 Å². The van der Waals surface area contributed by atoms with Crippen LogP contribution < -0.4 is 5.73 Å². The largest absolute Gasteiger partial charge is 0.320 e. The normalized spacial score (nSPS) is 9.79. The molecule has 0 amide bonds. The molecule has 0 radical (unpaired) electrons. The van der Waals surface area contributed by atoms with Crippen LogP contribution in [0.3, 0.4) is 0 Å². The maximum absolute atomic E-state index is 5.98. The fourth-order valence-electron chi connectivity index (χ4n) is 1.63. The van der Waals surface area contributed by atoms with Crippen LogP contribution in [0.2, 0.25) is 5.02 Å². The van der Waals surface area contributed by atoms with Gasteiger partial charge in [-0.1, -0.05) is 47.7 Å². The molecule has 0 spiro atoms. The summed E-state index contributed by atoms with van der Waals surface area (Å²) < 4.78 is 0. The SMILES string of the molecule is NCC#Cc1ccccc1CSc1cccc(Cl)c1. The minimum absolute atomic E-state index is 0.385. The van der Waals surface area contributed by atoms with Crippen molar-refractivity contribution in [1.29, 1.82) is 0 Å². The Hall–Kier alpha value is -1.40. The molecular formula is C16H14ClNS. The van der Waals surface area contributed by atoms with E-state index < -0.39 is 0 Å². The summed E-state index contributed by atoms with van der Waals surface area (Å²) in [5, 5.41) is 0.765. The van der Waals surface area contributed by atoms with Gasteiger partial charge in [0.15, 0.2) is 0 Å². The Morgan fingerprint density at radius 2 is 1.95 bits per heavy atom. The van der Waals surface area contributed by atoms with E-state index in [1.807, 2.05) is 36.4 Å². The van der Waals surface area contributed by atoms with E-state index in [4.69, 9.17) is 17.3 Å². The number of hydrogen-bond donors (Lipinski definition) is 1. The molecule has 0 fully saturated rings. The molecule has 0 aliphatic heterocycles. The van der Waals surface area contributed by atoms with Gasteiger partial charge in [-0.15, -0.1) is 11.8 Å². The highest BCUT2D eigenvalue weighted by molar-refractivity contribution is 7.98. The zero-order valence-corrected chi connectivity index (χ0v) is 12.0. The Morgan fingerprint density at radius 1 is 1.11 bits per heavy atom. The third-order valence-corrected chi connectivity index (χ3v) is 3.81. The van der Waals surface area contributed by atoms with Crippen molar-refractivity contribution >= 4 is 23.4 Å². The van der Waals surface area contributed by atoms with E-state index in [0.717, 1.165) is 21.2 Å². The third kappa shape index (κ3) is 4.33. The number of halogens is 1. The smallest absolute Gasteiger partial charge is 0.0555 e. The third-order valence-electron chi connectivity index (χ3n) is 2.53. The van der Waals surface area contributed by atoms with E-state index in [2.05, 4.69) is 24.0 Å². The molecule has 2 N–H and O–H groups in total. The van der Waals surface area contributed by atoms with Gasteiger partial charge in [0.1, 0.15) is 0 Å². The second-order valence-electron chi connectivity index (χ2n) is 3.91. The molecule has 0 heterocycles. The van der Waals surface area contributed by atoms with Gasteiger partial charge in [0.25, 0.3) is 0 Å². The lowest BCUT2D eigenvalue weighted by molar-refractivity contribution is 1.30. The lowest BCUT2D eigenvalue weighted by Gasteiger charge is -2.05. The van der Waals surface area contributed by atoms with Crippen LogP contribution in [0.4, 0.5) is 0 Å². The molecule has 2 aromatic rings. The lowest BCUT2D eigenvalue weighted by Crippen LogP contribution is -1.94. The van der Waals surface area contributed by atoms with Crippen LogP contribution in [0.25, 0.3) is 0 Å². The number of rotatable bonds is 3. The summed E-state index contributed by atoms with van der Waals surface area (Å²) in [7, 11) is 0. The Bertz CT molecular complexity index is 613. The second-order valence-corrected chi connectivity index (χ2v) is 5.39. The van der Waals surface area contributed by atoms with E-state index in [9.17, 15) is 0 Å². The van der Waals surface area contributed by atoms with Crippen molar-refractivity contribution in [2.75, 3.05) is 6.54 Å². The molecule has 0 unspecified atom stereocenters. The molecule has 0 aromatic heterocycles. The van der Waals surface area contributed by atoms with Crippen LogP contribution in [0.1, 0.15) is 11.1 Å². The van der Waals surface area contributed by atoms with Gasteiger partial charge in [-0.3, -0.25) is 0 Å². The summed E-state index contributed by atoms with van der Waals surface area (Å²) in [5.41, 5.74) is 7.67. The fraction of sp³-hybridized carbons (Fsp3) is 0.125. The van der Waals surface area contributed by atoms with Crippen LogP contribution in [0.5, 0.6) is 0 Å². The van der Waals surface area contributed by atoms with Gasteiger partial charge in [-0.25, -0.2) is 0 Å². The van der Waals surface area contributed by atoms with Gasteiger partial charge in [0, 0.05) is 21.2 Å². The molecule has 96 valence electrons. The highest BCUT2D eigenvalue weighted by Crippen LogP contribution is 2.26. The van der Waals surface area contributed by atoms with E-state index in [1.54, 1.807) is 11.8 Å². The minimum Gasteiger partial charge on any atom is -0.320 e. The maximum atomic E-state index is 5.98. The van der Waals surface area contributed by atoms with Gasteiger partial charge in [-0.05, 0) is 29.8 Å². The molecule has 0 saturated heterocycles. The monoisotopic (exact) mass is 287 g/mol. The standard InChI is InChI=1S/C16H14ClNS/c17-15-8-3-9-16(11-15)19-12-14-6-2-1-5-13(14)7-4-10-18/h1-3,5-6,8-9,11H,10,12,18H2. The summed E-state index contributed by atoms with van der Waals surface area (Å²) in [4.78, 5) is 1.16. The van der Waals surface area contributed by atoms with E-state index in [1.165, 1.54) is 5.56 Å². The van der Waals surface area contributed by atoms with Crippen LogP contribution in [0.15, 0.2) is 53.4 Å². The Balaban J connectivity index is 2.11. The molecule has 0 atom stereocenters. The van der Waals surface area contributed by atoms with E-state index in [0.29, 0.717) is 6.54 Å². The predicted octanol–water partition coefficient (Wildman–Crippen LogP) is 3.94. The van der Waals surface area contributed by atoms with Crippen molar-refractivity contribution in [1.82, 2.24) is 0 Å². The number of hydrogen-bond acceptors (Lipinski definition) is 2. The molecule has 0 aliphatic carbocycles. The number of benzene rings is 2. The molecule has 3 heteroatoms. The first-order valence-electron chi connectivity index (χ1n) is 5.95. The molecule has 0 aliphatic rings. The predicted molar refractivity (Wildman–Crippen MR) is 83.4 cm³/mol. The molecule has 1 nitrogen and oxygen atoms in total. The van der Waals surface area contributed by atoms with Crippen molar-refractivity contribution in [2.24, 2.45) is 5.73 Å². The van der Waals surface area contributed by atoms with Crippen molar-refractivity contribution in [3.05, 3.63) is 64.7 Å². The molecule has 19 heavy (non-hydrogen) atoms. The van der Waals surface area contributed by atoms with Crippen LogP contribution in [-0.2, 0) is 5.75 Å². The van der Waals surface area contributed by atoms with Crippen molar-refractivity contribution in [3.63, 3.8) is 0 Å². The van der Waals surface area contributed by atoms with Crippen LogP contribution in [0, 0.1) is 11.8 Å². The molecule has 2 rings (SSSR count). The zero-order valence-electron chi connectivity index (χ0n) is 10.4. The number of thioether (sulfide) groups is 1. The summed E-state index contributed by atoms with van der Waals surface area (Å²) in [6.07, 6.45) is 0. The van der Waals surface area contributed by atoms with Gasteiger partial charge < -0.3 is 5.73 Å². The van der Waals surface area contributed by atoms with Crippen LogP contribution in [-0.4, -0.2) is 6.54 Å². The molecule has 0 saturated carbocycles. The van der Waals surface area contributed by atoms with Crippen molar-refractivity contribution in [3.8, 4) is 11.8 Å². The average Bonchev–Trinajstić information content (AvgIpc) is 2.44. The Kier molecular flexibility index (Phi) is 5.35. The van der Waals surface area contributed by atoms with Gasteiger partial charge in [-0.2, -0.15) is 0 Å². The first kappa shape index (κ1) is 14.0. The molecular weight excluding hydrogens is 274 g/mol. The maximum Gasteiger partial charge on any atom is 0.0555 e. The zero-order chi connectivity index (χ0) is 13.5. The fourth-order valence-corrected chi connectivity index (χ4v) is 2.85. The summed E-state index contributed by atoms with van der Waals surface area (Å²) in [5.74, 6) is 6.88. The van der Waals surface area contributed by atoms with Gasteiger partial charge in [0.2, 0.25) is 0 Å². The lowest BCUT2D eigenvalue weighted by atomic mass is 10.1. The highest BCUT2D eigenvalue weighted by atomic mass is 35.5. The minimum atomic E-state index is 0.385. The van der Waals surface area contributed by atoms with Gasteiger partial charge >= 0.3 is 0 Å². The second kappa shape index (κ2) is 7.25. The van der Waals surface area contributed by atoms with Gasteiger partial charge in [0.05, 0.1) is 6.54 Å². The summed E-state index contributed by atoms with van der Waals surface area (Å²) in [6, 6.07) is 16.0. The first-order chi connectivity index (χ1) is 9.29. The Labute approximate surface area is 123 Å².